The molecule has 3 heteroatoms. The first kappa shape index (κ1) is 12.5. The second-order valence-corrected chi connectivity index (χ2v) is 4.81. The number of nitrogens with one attached hydrogen (secondary N) is 2. The molecule has 0 aromatic rings. The number of rotatable bonds is 4. The van der Waals surface area contributed by atoms with E-state index in [1.54, 1.807) is 6.92 Å². The van der Waals surface area contributed by atoms with E-state index in [4.69, 9.17) is 0 Å². The molecule has 0 bridgehead atoms. The van der Waals surface area contributed by atoms with Gasteiger partial charge in [0.15, 0.2) is 0 Å². The zero-order chi connectivity index (χ0) is 11.3. The highest BCUT2D eigenvalue weighted by atomic mass is 16.1. The van der Waals surface area contributed by atoms with Crippen LogP contribution in [-0.4, -0.2) is 25.0 Å². The van der Waals surface area contributed by atoms with Gasteiger partial charge >= 0.3 is 0 Å². The molecular formula is C12H24N2O. The van der Waals surface area contributed by atoms with Gasteiger partial charge in [-0.1, -0.05) is 26.7 Å². The maximum atomic E-state index is 10.7. The Morgan fingerprint density at radius 2 is 2.00 bits per heavy atom. The monoisotopic (exact) mass is 212 g/mol. The summed E-state index contributed by atoms with van der Waals surface area (Å²) in [5.41, 5.74) is 0. The largest absolute Gasteiger partial charge is 0.355 e. The third kappa shape index (κ3) is 4.20. The Bertz CT molecular complexity index is 206. The van der Waals surface area contributed by atoms with Crippen LogP contribution in [0.3, 0.4) is 0 Å². The summed E-state index contributed by atoms with van der Waals surface area (Å²) in [5, 5.41) is 6.35. The molecule has 3 nitrogen and oxygen atoms in total. The van der Waals surface area contributed by atoms with Gasteiger partial charge in [-0.25, -0.2) is 0 Å². The van der Waals surface area contributed by atoms with E-state index in [0.717, 1.165) is 24.9 Å². The van der Waals surface area contributed by atoms with E-state index < -0.39 is 0 Å². The van der Waals surface area contributed by atoms with Crippen molar-refractivity contribution in [1.82, 2.24) is 10.6 Å². The van der Waals surface area contributed by atoms with Crippen LogP contribution in [0.1, 0.15) is 40.0 Å². The van der Waals surface area contributed by atoms with Crippen molar-refractivity contribution in [2.24, 2.45) is 11.8 Å². The molecule has 0 spiro atoms. The highest BCUT2D eigenvalue weighted by molar-refractivity contribution is 5.72. The Kier molecular flexibility index (Phi) is 5.09. The minimum absolute atomic E-state index is 0.0573. The van der Waals surface area contributed by atoms with Crippen LogP contribution in [0.25, 0.3) is 0 Å². The quantitative estimate of drug-likeness (QED) is 0.694. The summed E-state index contributed by atoms with van der Waals surface area (Å²) in [6.07, 6.45) is 3.99. The van der Waals surface area contributed by atoms with Gasteiger partial charge in [-0.3, -0.25) is 4.79 Å². The molecule has 1 amide bonds. The van der Waals surface area contributed by atoms with E-state index in [0.29, 0.717) is 6.04 Å². The fourth-order valence-corrected chi connectivity index (χ4v) is 2.37. The average Bonchev–Trinajstić information content (AvgIpc) is 2.18. The summed E-state index contributed by atoms with van der Waals surface area (Å²) >= 11 is 0. The lowest BCUT2D eigenvalue weighted by atomic mass is 9.78. The van der Waals surface area contributed by atoms with Crippen LogP contribution in [0.4, 0.5) is 0 Å². The molecule has 0 aromatic carbocycles. The van der Waals surface area contributed by atoms with E-state index in [2.05, 4.69) is 24.5 Å². The van der Waals surface area contributed by atoms with Crippen LogP contribution in [0, 0.1) is 11.8 Å². The van der Waals surface area contributed by atoms with Gasteiger partial charge in [0.2, 0.25) is 5.91 Å². The lowest BCUT2D eigenvalue weighted by Gasteiger charge is -2.34. The Balaban J connectivity index is 2.17. The number of carbonyl (C=O) groups is 1. The lowest BCUT2D eigenvalue weighted by molar-refractivity contribution is -0.118. The Morgan fingerprint density at radius 3 is 2.67 bits per heavy atom. The number of carbonyl (C=O) groups excluding carboxylic acids is 1. The number of hydrogen-bond acceptors (Lipinski definition) is 2. The molecule has 0 saturated heterocycles. The summed E-state index contributed by atoms with van der Waals surface area (Å²) < 4.78 is 0. The zero-order valence-corrected chi connectivity index (χ0v) is 10.2. The molecule has 88 valence electrons. The molecule has 3 atom stereocenters. The summed E-state index contributed by atoms with van der Waals surface area (Å²) in [4.78, 5) is 10.7. The molecule has 15 heavy (non-hydrogen) atoms. The van der Waals surface area contributed by atoms with Crippen molar-refractivity contribution in [2.75, 3.05) is 13.1 Å². The smallest absolute Gasteiger partial charge is 0.216 e. The fraction of sp³-hybridized carbons (Fsp3) is 0.917. The van der Waals surface area contributed by atoms with Gasteiger partial charge in [-0.15, -0.1) is 0 Å². The van der Waals surface area contributed by atoms with Gasteiger partial charge in [-0.2, -0.15) is 0 Å². The maximum absolute atomic E-state index is 10.7. The maximum Gasteiger partial charge on any atom is 0.216 e. The minimum Gasteiger partial charge on any atom is -0.355 e. The Hall–Kier alpha value is -0.570. The number of hydrogen-bond donors (Lipinski definition) is 2. The topological polar surface area (TPSA) is 41.1 Å². The van der Waals surface area contributed by atoms with Crippen LogP contribution in [-0.2, 0) is 4.79 Å². The first-order valence-corrected chi connectivity index (χ1v) is 6.09. The fourth-order valence-electron chi connectivity index (χ4n) is 2.37. The minimum atomic E-state index is 0.0573. The predicted molar refractivity (Wildman–Crippen MR) is 62.7 cm³/mol. The Labute approximate surface area is 93.0 Å². The van der Waals surface area contributed by atoms with E-state index in [1.165, 1.54) is 19.3 Å². The second-order valence-electron chi connectivity index (χ2n) is 4.81. The molecule has 1 aliphatic rings. The van der Waals surface area contributed by atoms with Crippen molar-refractivity contribution in [3.8, 4) is 0 Å². The van der Waals surface area contributed by atoms with E-state index in [9.17, 15) is 4.79 Å². The molecule has 1 saturated carbocycles. The number of amides is 1. The SMILES string of the molecule is CC(=O)NCCNC1CCCC(C)C1C. The summed E-state index contributed by atoms with van der Waals surface area (Å²) in [6, 6.07) is 0.641. The van der Waals surface area contributed by atoms with Crippen molar-refractivity contribution >= 4 is 5.91 Å². The van der Waals surface area contributed by atoms with E-state index >= 15 is 0 Å². The molecule has 1 fully saturated rings. The van der Waals surface area contributed by atoms with Crippen LogP contribution < -0.4 is 10.6 Å². The van der Waals surface area contributed by atoms with Crippen LogP contribution in [0.5, 0.6) is 0 Å². The lowest BCUT2D eigenvalue weighted by Crippen LogP contribution is -2.43. The van der Waals surface area contributed by atoms with E-state index in [1.807, 2.05) is 0 Å². The van der Waals surface area contributed by atoms with Gasteiger partial charge in [0.1, 0.15) is 0 Å². The van der Waals surface area contributed by atoms with Crippen LogP contribution >= 0.6 is 0 Å². The van der Waals surface area contributed by atoms with Gasteiger partial charge in [0.25, 0.3) is 0 Å². The molecular weight excluding hydrogens is 188 g/mol. The third-order valence-electron chi connectivity index (χ3n) is 3.61. The van der Waals surface area contributed by atoms with Gasteiger partial charge in [0, 0.05) is 26.1 Å². The second kappa shape index (κ2) is 6.11. The molecule has 0 heterocycles. The first-order valence-electron chi connectivity index (χ1n) is 6.09. The third-order valence-corrected chi connectivity index (χ3v) is 3.61. The molecule has 0 aliphatic heterocycles. The zero-order valence-electron chi connectivity index (χ0n) is 10.2. The van der Waals surface area contributed by atoms with Crippen LogP contribution in [0.15, 0.2) is 0 Å². The van der Waals surface area contributed by atoms with Crippen molar-refractivity contribution in [3.63, 3.8) is 0 Å². The summed E-state index contributed by atoms with van der Waals surface area (Å²) in [5.74, 6) is 1.65. The molecule has 0 radical (unpaired) electrons. The van der Waals surface area contributed by atoms with E-state index in [-0.39, 0.29) is 5.91 Å². The van der Waals surface area contributed by atoms with Crippen molar-refractivity contribution < 1.29 is 4.79 Å². The highest BCUT2D eigenvalue weighted by Crippen LogP contribution is 2.29. The molecule has 1 rings (SSSR count). The van der Waals surface area contributed by atoms with Gasteiger partial charge in [0.05, 0.1) is 0 Å². The normalized spacial score (nSPS) is 31.3. The predicted octanol–water partition coefficient (Wildman–Crippen LogP) is 1.54. The molecule has 0 aromatic heterocycles. The molecule has 1 aliphatic carbocycles. The van der Waals surface area contributed by atoms with Crippen molar-refractivity contribution in [2.45, 2.75) is 46.1 Å². The highest BCUT2D eigenvalue weighted by Gasteiger charge is 2.26. The Morgan fingerprint density at radius 1 is 1.27 bits per heavy atom. The summed E-state index contributed by atoms with van der Waals surface area (Å²) in [7, 11) is 0. The van der Waals surface area contributed by atoms with Gasteiger partial charge < -0.3 is 10.6 Å². The van der Waals surface area contributed by atoms with Crippen LogP contribution in [0.2, 0.25) is 0 Å². The van der Waals surface area contributed by atoms with Crippen molar-refractivity contribution in [3.05, 3.63) is 0 Å². The van der Waals surface area contributed by atoms with Crippen molar-refractivity contribution in [1.29, 1.82) is 0 Å². The standard InChI is InChI=1S/C12H24N2O/c1-9-5-4-6-12(10(9)2)14-8-7-13-11(3)15/h9-10,12,14H,4-8H2,1-3H3,(H,13,15). The average molecular weight is 212 g/mol. The summed E-state index contributed by atoms with van der Waals surface area (Å²) in [6.45, 7) is 7.87. The molecule has 3 unspecified atom stereocenters. The molecule has 2 N–H and O–H groups in total. The first-order chi connectivity index (χ1) is 7.11. The van der Waals surface area contributed by atoms with Gasteiger partial charge in [-0.05, 0) is 18.3 Å².